The van der Waals surface area contributed by atoms with Gasteiger partial charge in [-0.15, -0.1) is 0 Å². The largest absolute Gasteiger partial charge is 0.495 e. The Morgan fingerprint density at radius 2 is 2.00 bits per heavy atom. The quantitative estimate of drug-likeness (QED) is 0.658. The zero-order valence-corrected chi connectivity index (χ0v) is 14.6. The molecule has 0 saturated carbocycles. The highest BCUT2D eigenvalue weighted by molar-refractivity contribution is 5.79. The van der Waals surface area contributed by atoms with E-state index >= 15 is 0 Å². The number of ether oxygens (including phenoxy) is 1. The SMILES string of the molecule is COc1ccccc1Nc1ncnc(NCCC2=CCCCC2)c1N. The van der Waals surface area contributed by atoms with Crippen LogP contribution in [0.2, 0.25) is 0 Å². The first kappa shape index (κ1) is 17.1. The van der Waals surface area contributed by atoms with E-state index in [0.717, 1.165) is 24.4 Å². The standard InChI is InChI=1S/C19H25N5O/c1-25-16-10-6-5-9-15(16)24-19-17(20)18(22-13-23-19)21-12-11-14-7-3-2-4-8-14/h5-7,9-10,13H,2-4,8,11-12,20H2,1H3,(H2,21,22,23,24). The number of para-hydroxylation sites is 2. The van der Waals surface area contributed by atoms with E-state index in [9.17, 15) is 0 Å². The first-order valence-electron chi connectivity index (χ1n) is 8.70. The maximum atomic E-state index is 6.24. The molecule has 2 aromatic rings. The number of nitrogens with one attached hydrogen (secondary N) is 2. The number of benzene rings is 1. The van der Waals surface area contributed by atoms with E-state index in [1.807, 2.05) is 24.3 Å². The van der Waals surface area contributed by atoms with Gasteiger partial charge in [-0.25, -0.2) is 9.97 Å². The number of nitrogen functional groups attached to an aromatic ring is 1. The molecule has 0 bridgehead atoms. The summed E-state index contributed by atoms with van der Waals surface area (Å²) in [5.41, 5.74) is 9.08. The van der Waals surface area contributed by atoms with Gasteiger partial charge in [0.05, 0.1) is 12.8 Å². The normalized spacial score (nSPS) is 13.9. The fraction of sp³-hybridized carbons (Fsp3) is 0.368. The van der Waals surface area contributed by atoms with Crippen LogP contribution in [-0.2, 0) is 0 Å². The molecule has 132 valence electrons. The molecule has 1 aliphatic carbocycles. The van der Waals surface area contributed by atoms with Crippen molar-refractivity contribution in [2.75, 3.05) is 30.0 Å². The number of nitrogens with zero attached hydrogens (tertiary/aromatic N) is 2. The highest BCUT2D eigenvalue weighted by Crippen LogP contribution is 2.30. The Balaban J connectivity index is 1.66. The van der Waals surface area contributed by atoms with Crippen molar-refractivity contribution < 1.29 is 4.74 Å². The van der Waals surface area contributed by atoms with E-state index in [2.05, 4.69) is 26.7 Å². The minimum atomic E-state index is 0.506. The van der Waals surface area contributed by atoms with Gasteiger partial charge in [-0.3, -0.25) is 0 Å². The van der Waals surface area contributed by atoms with Crippen LogP contribution in [0.5, 0.6) is 5.75 Å². The summed E-state index contributed by atoms with van der Waals surface area (Å²) in [6, 6.07) is 7.65. The van der Waals surface area contributed by atoms with E-state index in [4.69, 9.17) is 10.5 Å². The molecule has 1 aromatic heterocycles. The number of allylic oxidation sites excluding steroid dienone is 1. The molecule has 0 fully saturated rings. The van der Waals surface area contributed by atoms with E-state index in [1.165, 1.54) is 37.6 Å². The van der Waals surface area contributed by atoms with Gasteiger partial charge in [0.2, 0.25) is 0 Å². The van der Waals surface area contributed by atoms with Gasteiger partial charge in [0.25, 0.3) is 0 Å². The molecule has 0 unspecified atom stereocenters. The predicted molar refractivity (Wildman–Crippen MR) is 102 cm³/mol. The van der Waals surface area contributed by atoms with Crippen molar-refractivity contribution in [3.05, 3.63) is 42.2 Å². The van der Waals surface area contributed by atoms with Crippen LogP contribution < -0.4 is 21.1 Å². The van der Waals surface area contributed by atoms with Gasteiger partial charge < -0.3 is 21.1 Å². The lowest BCUT2D eigenvalue weighted by Crippen LogP contribution is -2.10. The molecule has 25 heavy (non-hydrogen) atoms. The molecule has 6 nitrogen and oxygen atoms in total. The van der Waals surface area contributed by atoms with Gasteiger partial charge in [-0.2, -0.15) is 0 Å². The van der Waals surface area contributed by atoms with Crippen LogP contribution in [0, 0.1) is 0 Å². The van der Waals surface area contributed by atoms with Crippen molar-refractivity contribution >= 4 is 23.0 Å². The minimum Gasteiger partial charge on any atom is -0.495 e. The Bertz CT molecular complexity index is 744. The van der Waals surface area contributed by atoms with Crippen molar-refractivity contribution in [1.82, 2.24) is 9.97 Å². The summed E-state index contributed by atoms with van der Waals surface area (Å²) < 4.78 is 5.35. The molecule has 0 spiro atoms. The molecular formula is C19H25N5O. The fourth-order valence-electron chi connectivity index (χ4n) is 2.98. The molecular weight excluding hydrogens is 314 g/mol. The van der Waals surface area contributed by atoms with Gasteiger partial charge in [0.15, 0.2) is 11.6 Å². The second kappa shape index (κ2) is 8.37. The first-order chi connectivity index (χ1) is 12.3. The second-order valence-electron chi connectivity index (χ2n) is 6.09. The molecule has 0 radical (unpaired) electrons. The predicted octanol–water partition coefficient (Wildman–Crippen LogP) is 4.11. The van der Waals surface area contributed by atoms with Crippen molar-refractivity contribution in [2.45, 2.75) is 32.1 Å². The van der Waals surface area contributed by atoms with E-state index in [1.54, 1.807) is 7.11 Å². The maximum absolute atomic E-state index is 6.24. The lowest BCUT2D eigenvalue weighted by molar-refractivity contribution is 0.417. The Morgan fingerprint density at radius 3 is 2.80 bits per heavy atom. The zero-order chi connectivity index (χ0) is 17.5. The summed E-state index contributed by atoms with van der Waals surface area (Å²) in [5, 5.41) is 6.55. The number of nitrogens with two attached hydrogens (primary N) is 1. The summed E-state index contributed by atoms with van der Waals surface area (Å²) >= 11 is 0. The third-order valence-electron chi connectivity index (χ3n) is 4.37. The van der Waals surface area contributed by atoms with Crippen molar-refractivity contribution in [2.24, 2.45) is 0 Å². The second-order valence-corrected chi connectivity index (χ2v) is 6.09. The zero-order valence-electron chi connectivity index (χ0n) is 14.6. The summed E-state index contributed by atoms with van der Waals surface area (Å²) in [6.45, 7) is 0.821. The third-order valence-corrected chi connectivity index (χ3v) is 4.37. The molecule has 1 heterocycles. The highest BCUT2D eigenvalue weighted by Gasteiger charge is 2.11. The lowest BCUT2D eigenvalue weighted by atomic mass is 9.97. The molecule has 0 atom stereocenters. The van der Waals surface area contributed by atoms with Crippen molar-refractivity contribution in [3.8, 4) is 5.75 Å². The topological polar surface area (TPSA) is 85.1 Å². The first-order valence-corrected chi connectivity index (χ1v) is 8.70. The minimum absolute atomic E-state index is 0.506. The van der Waals surface area contributed by atoms with E-state index in [-0.39, 0.29) is 0 Å². The molecule has 4 N–H and O–H groups in total. The van der Waals surface area contributed by atoms with Crippen LogP contribution in [0.3, 0.4) is 0 Å². The van der Waals surface area contributed by atoms with Crippen LogP contribution >= 0.6 is 0 Å². The highest BCUT2D eigenvalue weighted by atomic mass is 16.5. The van der Waals surface area contributed by atoms with E-state index < -0.39 is 0 Å². The van der Waals surface area contributed by atoms with Gasteiger partial charge in [0, 0.05) is 6.54 Å². The number of methoxy groups -OCH3 is 1. The molecule has 0 aliphatic heterocycles. The summed E-state index contributed by atoms with van der Waals surface area (Å²) in [7, 11) is 1.64. The van der Waals surface area contributed by atoms with Crippen LogP contribution in [0.25, 0.3) is 0 Å². The van der Waals surface area contributed by atoms with Crippen LogP contribution in [0.15, 0.2) is 42.2 Å². The molecule has 1 aromatic carbocycles. The Hall–Kier alpha value is -2.76. The Morgan fingerprint density at radius 1 is 1.16 bits per heavy atom. The lowest BCUT2D eigenvalue weighted by Gasteiger charge is -2.15. The number of hydrogen-bond acceptors (Lipinski definition) is 6. The summed E-state index contributed by atoms with van der Waals surface area (Å²) in [6.07, 6.45) is 9.93. The average molecular weight is 339 g/mol. The molecule has 3 rings (SSSR count). The van der Waals surface area contributed by atoms with Gasteiger partial charge in [0.1, 0.15) is 17.8 Å². The molecule has 0 saturated heterocycles. The van der Waals surface area contributed by atoms with Crippen LogP contribution in [0.1, 0.15) is 32.1 Å². The van der Waals surface area contributed by atoms with Crippen LogP contribution in [0.4, 0.5) is 23.0 Å². The smallest absolute Gasteiger partial charge is 0.159 e. The number of hydrogen-bond donors (Lipinski definition) is 3. The molecule has 1 aliphatic rings. The van der Waals surface area contributed by atoms with Gasteiger partial charge >= 0.3 is 0 Å². The van der Waals surface area contributed by atoms with Crippen LogP contribution in [-0.4, -0.2) is 23.6 Å². The average Bonchev–Trinajstić information content (AvgIpc) is 2.66. The van der Waals surface area contributed by atoms with Gasteiger partial charge in [-0.1, -0.05) is 23.8 Å². The fourth-order valence-corrected chi connectivity index (χ4v) is 2.98. The molecule has 0 amide bonds. The Kier molecular flexibility index (Phi) is 5.72. The number of anilines is 4. The summed E-state index contributed by atoms with van der Waals surface area (Å²) in [4.78, 5) is 8.52. The monoisotopic (exact) mass is 339 g/mol. The summed E-state index contributed by atoms with van der Waals surface area (Å²) in [5.74, 6) is 1.96. The molecule has 6 heteroatoms. The number of aromatic nitrogens is 2. The van der Waals surface area contributed by atoms with Crippen molar-refractivity contribution in [1.29, 1.82) is 0 Å². The van der Waals surface area contributed by atoms with Crippen molar-refractivity contribution in [3.63, 3.8) is 0 Å². The number of rotatable bonds is 7. The third kappa shape index (κ3) is 4.41. The Labute approximate surface area is 148 Å². The maximum Gasteiger partial charge on any atom is 0.159 e. The van der Waals surface area contributed by atoms with Gasteiger partial charge in [-0.05, 0) is 44.2 Å². The van der Waals surface area contributed by atoms with E-state index in [0.29, 0.717) is 17.3 Å².